The summed E-state index contributed by atoms with van der Waals surface area (Å²) in [6, 6.07) is 1.88. The van der Waals surface area contributed by atoms with E-state index in [0.717, 1.165) is 46.0 Å². The van der Waals surface area contributed by atoms with Gasteiger partial charge in [0.25, 0.3) is 5.95 Å². The van der Waals surface area contributed by atoms with E-state index in [1.54, 1.807) is 6.21 Å². The molecule has 3 aromatic rings. The summed E-state index contributed by atoms with van der Waals surface area (Å²) in [7, 11) is 0. The highest BCUT2D eigenvalue weighted by Gasteiger charge is 2.22. The van der Waals surface area contributed by atoms with Crippen LogP contribution in [0.5, 0.6) is 5.75 Å². The summed E-state index contributed by atoms with van der Waals surface area (Å²) in [6.45, 7) is 0. The maximum atomic E-state index is 10.5. The summed E-state index contributed by atoms with van der Waals surface area (Å²) in [4.78, 5) is 8.20. The Morgan fingerprint density at radius 2 is 2.23 bits per heavy atom. The fraction of sp³-hybridized carbons (Fsp3) is 0.267. The van der Waals surface area contributed by atoms with Crippen molar-refractivity contribution in [3.8, 4) is 5.75 Å². The van der Waals surface area contributed by atoms with Gasteiger partial charge in [-0.2, -0.15) is 4.98 Å². The standard InChI is InChI=1S/C15H13IN4O2/c16-10-5-12-13(8-3-1-2-4-11(8)22-12)9(14(10)21)6-17-15-18-7-19-20-15/h5-7,21H,1-4H2,(H,18,19,20)/b17-6+. The molecular weight excluding hydrogens is 395 g/mol. The number of furan rings is 1. The Hall–Kier alpha value is -1.90. The Morgan fingerprint density at radius 1 is 1.36 bits per heavy atom. The summed E-state index contributed by atoms with van der Waals surface area (Å²) in [6.07, 6.45) is 7.31. The van der Waals surface area contributed by atoms with E-state index in [-0.39, 0.29) is 5.75 Å². The van der Waals surface area contributed by atoms with Gasteiger partial charge in [-0.15, -0.1) is 5.10 Å². The maximum absolute atomic E-state index is 10.5. The van der Waals surface area contributed by atoms with Gasteiger partial charge < -0.3 is 9.52 Å². The smallest absolute Gasteiger partial charge is 0.267 e. The first-order chi connectivity index (χ1) is 10.7. The van der Waals surface area contributed by atoms with E-state index in [0.29, 0.717) is 11.5 Å². The van der Waals surface area contributed by atoms with Crippen molar-refractivity contribution in [1.29, 1.82) is 0 Å². The van der Waals surface area contributed by atoms with Gasteiger partial charge in [0.05, 0.1) is 3.57 Å². The number of halogens is 1. The lowest BCUT2D eigenvalue weighted by Gasteiger charge is -2.10. The van der Waals surface area contributed by atoms with Crippen LogP contribution in [0.2, 0.25) is 0 Å². The lowest BCUT2D eigenvalue weighted by Crippen LogP contribution is -2.00. The zero-order valence-electron chi connectivity index (χ0n) is 11.6. The monoisotopic (exact) mass is 408 g/mol. The van der Waals surface area contributed by atoms with Crippen molar-refractivity contribution in [2.24, 2.45) is 4.99 Å². The number of aromatic amines is 1. The average molecular weight is 408 g/mol. The second kappa shape index (κ2) is 5.38. The van der Waals surface area contributed by atoms with Gasteiger partial charge >= 0.3 is 0 Å². The number of nitrogens with one attached hydrogen (secondary N) is 1. The Balaban J connectivity index is 1.94. The molecule has 1 aromatic carbocycles. The Labute approximate surface area is 139 Å². The zero-order chi connectivity index (χ0) is 15.1. The number of rotatable bonds is 2. The summed E-state index contributed by atoms with van der Waals surface area (Å²) in [5.74, 6) is 1.60. The molecule has 1 aliphatic carbocycles. The normalized spacial score (nSPS) is 14.8. The summed E-state index contributed by atoms with van der Waals surface area (Å²) in [5.41, 5.74) is 2.69. The largest absolute Gasteiger partial charge is 0.506 e. The number of hydrogen-bond donors (Lipinski definition) is 2. The fourth-order valence-corrected chi connectivity index (χ4v) is 3.50. The molecule has 2 N–H and O–H groups in total. The van der Waals surface area contributed by atoms with Crippen molar-refractivity contribution in [2.75, 3.05) is 0 Å². The van der Waals surface area contributed by atoms with E-state index in [1.165, 1.54) is 11.9 Å². The molecule has 2 aromatic heterocycles. The van der Waals surface area contributed by atoms with E-state index in [9.17, 15) is 5.11 Å². The van der Waals surface area contributed by atoms with E-state index in [2.05, 4.69) is 42.8 Å². The second-order valence-corrected chi connectivity index (χ2v) is 6.42. The first kappa shape index (κ1) is 13.7. The van der Waals surface area contributed by atoms with Crippen molar-refractivity contribution in [3.63, 3.8) is 0 Å². The molecule has 0 radical (unpaired) electrons. The molecule has 6 nitrogen and oxygen atoms in total. The molecule has 0 amide bonds. The van der Waals surface area contributed by atoms with Crippen molar-refractivity contribution in [2.45, 2.75) is 25.7 Å². The Kier molecular flexibility index (Phi) is 3.36. The number of aromatic hydroxyl groups is 1. The topological polar surface area (TPSA) is 87.3 Å². The highest BCUT2D eigenvalue weighted by atomic mass is 127. The maximum Gasteiger partial charge on any atom is 0.267 e. The minimum Gasteiger partial charge on any atom is -0.506 e. The van der Waals surface area contributed by atoms with E-state index >= 15 is 0 Å². The molecule has 0 fully saturated rings. The quantitative estimate of drug-likeness (QED) is 0.502. The van der Waals surface area contributed by atoms with Crippen LogP contribution < -0.4 is 0 Å². The van der Waals surface area contributed by atoms with Crippen molar-refractivity contribution in [1.82, 2.24) is 15.2 Å². The molecule has 4 rings (SSSR count). The minimum atomic E-state index is 0.224. The number of aromatic nitrogens is 3. The van der Waals surface area contributed by atoms with Crippen LogP contribution in [0, 0.1) is 3.57 Å². The van der Waals surface area contributed by atoms with Gasteiger partial charge in [-0.25, -0.2) is 4.99 Å². The van der Waals surface area contributed by atoms with Crippen molar-refractivity contribution in [3.05, 3.63) is 32.9 Å². The van der Waals surface area contributed by atoms with Crippen LogP contribution in [-0.4, -0.2) is 26.5 Å². The summed E-state index contributed by atoms with van der Waals surface area (Å²) < 4.78 is 6.73. The number of aryl methyl sites for hydroxylation is 2. The Bertz CT molecular complexity index is 868. The SMILES string of the molecule is Oc1c(I)cc2oc3c(c2c1/C=N/c1nc[nH]n1)CCCC3. The first-order valence-corrected chi connectivity index (χ1v) is 8.17. The molecule has 7 heteroatoms. The lowest BCUT2D eigenvalue weighted by molar-refractivity contribution is 0.471. The van der Waals surface area contributed by atoms with Crippen LogP contribution >= 0.6 is 22.6 Å². The van der Waals surface area contributed by atoms with Crippen LogP contribution in [-0.2, 0) is 12.8 Å². The van der Waals surface area contributed by atoms with E-state index < -0.39 is 0 Å². The number of nitrogens with zero attached hydrogens (tertiary/aromatic N) is 3. The number of fused-ring (bicyclic) bond motifs is 3. The molecule has 0 unspecified atom stereocenters. The van der Waals surface area contributed by atoms with Gasteiger partial charge in [-0.05, 0) is 47.9 Å². The highest BCUT2D eigenvalue weighted by molar-refractivity contribution is 14.1. The zero-order valence-corrected chi connectivity index (χ0v) is 13.8. The van der Waals surface area contributed by atoms with Crippen LogP contribution in [0.4, 0.5) is 5.95 Å². The molecule has 0 saturated heterocycles. The number of phenolic OH excluding ortho intramolecular Hbond substituents is 1. The van der Waals surface area contributed by atoms with Gasteiger partial charge in [0.2, 0.25) is 0 Å². The molecule has 0 bridgehead atoms. The number of benzene rings is 1. The third-order valence-electron chi connectivity index (χ3n) is 3.92. The summed E-state index contributed by atoms with van der Waals surface area (Å²) >= 11 is 2.10. The number of hydrogen-bond acceptors (Lipinski definition) is 5. The van der Waals surface area contributed by atoms with Crippen LogP contribution in [0.1, 0.15) is 29.7 Å². The molecular formula is C15H13IN4O2. The van der Waals surface area contributed by atoms with Crippen LogP contribution in [0.25, 0.3) is 11.0 Å². The third-order valence-corrected chi connectivity index (χ3v) is 4.74. The van der Waals surface area contributed by atoms with Gasteiger partial charge in [0, 0.05) is 29.1 Å². The van der Waals surface area contributed by atoms with Gasteiger partial charge in [0.15, 0.2) is 0 Å². The Morgan fingerprint density at radius 3 is 3.05 bits per heavy atom. The van der Waals surface area contributed by atoms with Crippen LogP contribution in [0.15, 0.2) is 21.8 Å². The average Bonchev–Trinajstić information content (AvgIpc) is 3.15. The molecule has 1 aliphatic rings. The molecule has 112 valence electrons. The molecule has 0 aliphatic heterocycles. The molecule has 0 saturated carbocycles. The lowest BCUT2D eigenvalue weighted by atomic mass is 9.94. The van der Waals surface area contributed by atoms with Gasteiger partial charge in [-0.3, -0.25) is 5.10 Å². The van der Waals surface area contributed by atoms with Crippen LogP contribution in [0.3, 0.4) is 0 Å². The summed E-state index contributed by atoms with van der Waals surface area (Å²) in [5, 5.41) is 17.9. The molecule has 2 heterocycles. The second-order valence-electron chi connectivity index (χ2n) is 5.26. The van der Waals surface area contributed by atoms with Gasteiger partial charge in [0.1, 0.15) is 23.4 Å². The fourth-order valence-electron chi connectivity index (χ4n) is 2.93. The van der Waals surface area contributed by atoms with Crippen molar-refractivity contribution < 1.29 is 9.52 Å². The van der Waals surface area contributed by atoms with E-state index in [1.807, 2.05) is 6.07 Å². The van der Waals surface area contributed by atoms with E-state index in [4.69, 9.17) is 4.42 Å². The molecule has 0 spiro atoms. The number of aliphatic imine (C=N–C) groups is 1. The van der Waals surface area contributed by atoms with Crippen molar-refractivity contribution >= 4 is 45.7 Å². The minimum absolute atomic E-state index is 0.224. The third kappa shape index (κ3) is 2.20. The highest BCUT2D eigenvalue weighted by Crippen LogP contribution is 2.39. The predicted molar refractivity (Wildman–Crippen MR) is 90.9 cm³/mol. The molecule has 22 heavy (non-hydrogen) atoms. The molecule has 0 atom stereocenters. The number of phenols is 1. The predicted octanol–water partition coefficient (Wildman–Crippen LogP) is 3.49. The first-order valence-electron chi connectivity index (χ1n) is 7.09. The number of H-pyrrole nitrogens is 1. The van der Waals surface area contributed by atoms with Gasteiger partial charge in [-0.1, -0.05) is 0 Å².